The molecule has 2 N–H and O–H groups in total. The van der Waals surface area contributed by atoms with E-state index in [1.54, 1.807) is 6.92 Å². The molecule has 1 aromatic heterocycles. The highest BCUT2D eigenvalue weighted by molar-refractivity contribution is 7.86. The summed E-state index contributed by atoms with van der Waals surface area (Å²) in [5, 5.41) is 0. The van der Waals surface area contributed by atoms with Crippen LogP contribution in [-0.2, 0) is 10.1 Å². The van der Waals surface area contributed by atoms with E-state index in [1.165, 1.54) is 17.7 Å². The summed E-state index contributed by atoms with van der Waals surface area (Å²) in [4.78, 5) is 0.514. The first-order valence-electron chi connectivity index (χ1n) is 2.46. The zero-order valence-corrected chi connectivity index (χ0v) is 6.79. The summed E-state index contributed by atoms with van der Waals surface area (Å²) in [6.45, 7) is 1.62. The highest BCUT2D eigenvalue weighted by Gasteiger charge is 2.18. The summed E-state index contributed by atoms with van der Waals surface area (Å²) >= 11 is 1.17. The largest absolute Gasteiger partial charge is 0.301 e. The van der Waals surface area contributed by atoms with Gasteiger partial charge in [-0.2, -0.15) is 12.8 Å². The molecule has 0 saturated carbocycles. The highest BCUT2D eigenvalue weighted by Crippen LogP contribution is 2.13. The molecule has 0 unspecified atom stereocenters. The van der Waals surface area contributed by atoms with Crippen molar-refractivity contribution in [3.63, 3.8) is 0 Å². The smallest absolute Gasteiger partial charge is 0.282 e. The van der Waals surface area contributed by atoms with Crippen LogP contribution in [0.15, 0.2) is 11.1 Å². The Balaban J connectivity index is 3.32. The van der Waals surface area contributed by atoms with E-state index in [1.807, 2.05) is 0 Å². The molecule has 0 amide bonds. The second kappa shape index (κ2) is 2.30. The monoisotopic (exact) mass is 180 g/mol. The summed E-state index contributed by atoms with van der Waals surface area (Å²) < 4.78 is 32.0. The maximum atomic E-state index is 10.5. The molecule has 1 heterocycles. The lowest BCUT2D eigenvalue weighted by Crippen LogP contribution is -1.98. The number of aromatic amines is 1. The summed E-state index contributed by atoms with van der Waals surface area (Å²) in [5.74, 6) is 0. The highest BCUT2D eigenvalue weighted by atomic mass is 32.2. The van der Waals surface area contributed by atoms with Gasteiger partial charge in [-0.3, -0.25) is 4.55 Å². The second-order valence-corrected chi connectivity index (χ2v) is 4.20. The van der Waals surface area contributed by atoms with Crippen molar-refractivity contribution in [1.82, 2.24) is 0 Å². The molecular weight excluding hydrogens is 174 g/mol. The standard InChI is InChI=1S/C4H5NO3S2/c1-3-4(2-5-9-3)10(6,7)8/h2H,1H3,(H,6,7,8)/p+1. The predicted molar refractivity (Wildman–Crippen MR) is 35.4 cm³/mol. The lowest BCUT2D eigenvalue weighted by Gasteiger charge is -1.86. The number of H-pyrrole nitrogens is 1. The van der Waals surface area contributed by atoms with Gasteiger partial charge in [-0.05, 0) is 6.92 Å². The van der Waals surface area contributed by atoms with E-state index in [4.69, 9.17) is 4.55 Å². The number of hydrogen-bond donors (Lipinski definition) is 1. The molecule has 10 heavy (non-hydrogen) atoms. The lowest BCUT2D eigenvalue weighted by molar-refractivity contribution is -0.292. The van der Waals surface area contributed by atoms with E-state index < -0.39 is 10.1 Å². The van der Waals surface area contributed by atoms with Gasteiger partial charge in [0.25, 0.3) is 0 Å². The molecule has 0 aliphatic carbocycles. The van der Waals surface area contributed by atoms with Crippen molar-refractivity contribution in [2.45, 2.75) is 11.8 Å². The minimum Gasteiger partial charge on any atom is -0.282 e. The van der Waals surface area contributed by atoms with Gasteiger partial charge < -0.3 is 0 Å². The van der Waals surface area contributed by atoms with Crippen molar-refractivity contribution in [3.8, 4) is 0 Å². The van der Waals surface area contributed by atoms with Crippen LogP contribution in [0.5, 0.6) is 0 Å². The van der Waals surface area contributed by atoms with E-state index in [0.29, 0.717) is 4.88 Å². The first-order valence-corrected chi connectivity index (χ1v) is 4.71. The van der Waals surface area contributed by atoms with E-state index in [-0.39, 0.29) is 4.90 Å². The third-order valence-corrected chi connectivity index (χ3v) is 2.90. The van der Waals surface area contributed by atoms with Crippen LogP contribution in [0, 0.1) is 6.92 Å². The first kappa shape index (κ1) is 7.64. The Morgan fingerprint density at radius 3 is 2.50 bits per heavy atom. The molecule has 0 bridgehead atoms. The van der Waals surface area contributed by atoms with Crippen LogP contribution in [0.25, 0.3) is 0 Å². The van der Waals surface area contributed by atoms with Crippen molar-refractivity contribution in [2.24, 2.45) is 0 Å². The topological polar surface area (TPSA) is 68.5 Å². The van der Waals surface area contributed by atoms with Gasteiger partial charge >= 0.3 is 10.1 Å². The Labute approximate surface area is 62.4 Å². The molecule has 0 aliphatic heterocycles. The molecule has 4 nitrogen and oxygen atoms in total. The Morgan fingerprint density at radius 1 is 1.70 bits per heavy atom. The molecule has 0 aliphatic rings. The fraction of sp³-hybridized carbons (Fsp3) is 0.250. The zero-order valence-electron chi connectivity index (χ0n) is 5.16. The summed E-state index contributed by atoms with van der Waals surface area (Å²) in [6.07, 6.45) is 1.26. The van der Waals surface area contributed by atoms with Crippen molar-refractivity contribution >= 4 is 21.7 Å². The molecule has 0 saturated heterocycles. The number of hydrogen-bond acceptors (Lipinski definition) is 3. The van der Waals surface area contributed by atoms with Crippen molar-refractivity contribution in [2.75, 3.05) is 0 Å². The maximum absolute atomic E-state index is 10.5. The van der Waals surface area contributed by atoms with Crippen LogP contribution in [0.4, 0.5) is 0 Å². The van der Waals surface area contributed by atoms with E-state index >= 15 is 0 Å². The third-order valence-electron chi connectivity index (χ3n) is 1.03. The minimum atomic E-state index is -4.01. The van der Waals surface area contributed by atoms with Crippen LogP contribution in [0.3, 0.4) is 0 Å². The van der Waals surface area contributed by atoms with Crippen molar-refractivity contribution < 1.29 is 17.3 Å². The van der Waals surface area contributed by atoms with Crippen LogP contribution < -0.4 is 4.37 Å². The molecular formula is C4H6NO3S2+. The first-order chi connectivity index (χ1) is 4.52. The lowest BCUT2D eigenvalue weighted by atomic mass is 10.6. The van der Waals surface area contributed by atoms with Gasteiger partial charge in [-0.25, -0.2) is 0 Å². The second-order valence-electron chi connectivity index (χ2n) is 1.76. The molecule has 0 radical (unpaired) electrons. The molecule has 6 heteroatoms. The van der Waals surface area contributed by atoms with Gasteiger partial charge in [0.15, 0.2) is 4.90 Å². The molecule has 0 spiro atoms. The molecule has 0 aromatic carbocycles. The van der Waals surface area contributed by atoms with E-state index in [0.717, 1.165) is 0 Å². The van der Waals surface area contributed by atoms with Crippen molar-refractivity contribution in [3.05, 3.63) is 11.1 Å². The van der Waals surface area contributed by atoms with Crippen LogP contribution >= 0.6 is 11.5 Å². The van der Waals surface area contributed by atoms with E-state index in [2.05, 4.69) is 4.37 Å². The van der Waals surface area contributed by atoms with Gasteiger partial charge in [0, 0.05) is 0 Å². The van der Waals surface area contributed by atoms with Gasteiger partial charge in [-0.15, -0.1) is 0 Å². The predicted octanol–water partition coefficient (Wildman–Crippen LogP) is 0.117. The quantitative estimate of drug-likeness (QED) is 0.624. The molecule has 0 fully saturated rings. The third kappa shape index (κ3) is 1.34. The summed E-state index contributed by atoms with van der Waals surface area (Å²) in [7, 11) is -4.01. The maximum Gasteiger partial charge on any atom is 0.301 e. The van der Waals surface area contributed by atoms with Crippen LogP contribution in [-0.4, -0.2) is 13.0 Å². The summed E-state index contributed by atoms with van der Waals surface area (Å²) in [5.41, 5.74) is 0. The molecule has 0 atom stereocenters. The fourth-order valence-corrected chi connectivity index (χ4v) is 2.18. The van der Waals surface area contributed by atoms with Crippen molar-refractivity contribution in [1.29, 1.82) is 0 Å². The van der Waals surface area contributed by atoms with Gasteiger partial charge in [0.2, 0.25) is 6.20 Å². The Bertz CT molecular complexity index is 326. The Kier molecular flexibility index (Phi) is 1.76. The molecule has 1 rings (SSSR count). The normalized spacial score (nSPS) is 11.8. The molecule has 56 valence electrons. The SMILES string of the molecule is Cc1s[nH+]cc1S(=O)(=O)O. The van der Waals surface area contributed by atoms with Gasteiger partial charge in [0.05, 0.1) is 4.88 Å². The average Bonchev–Trinajstić information content (AvgIpc) is 2.11. The van der Waals surface area contributed by atoms with Crippen LogP contribution in [0.1, 0.15) is 4.88 Å². The number of aromatic nitrogens is 1. The minimum absolute atomic E-state index is 0.0440. The Hall–Kier alpha value is -0.460. The fourth-order valence-electron chi connectivity index (χ4n) is 0.579. The van der Waals surface area contributed by atoms with E-state index in [9.17, 15) is 8.42 Å². The molecule has 1 aromatic rings. The number of rotatable bonds is 1. The summed E-state index contributed by atoms with van der Waals surface area (Å²) in [6, 6.07) is 0. The van der Waals surface area contributed by atoms with Gasteiger partial charge in [0.1, 0.15) is 11.5 Å². The Morgan fingerprint density at radius 2 is 2.30 bits per heavy atom. The number of nitrogens with one attached hydrogen (secondary N) is 1. The van der Waals surface area contributed by atoms with Crippen LogP contribution in [0.2, 0.25) is 0 Å². The van der Waals surface area contributed by atoms with Gasteiger partial charge in [-0.1, -0.05) is 0 Å². The average molecular weight is 180 g/mol. The number of aryl methyl sites for hydroxylation is 1. The zero-order chi connectivity index (χ0) is 7.78.